The standard InChI is InChI=1S/C13H19NO/c1-13(2,3)11-6-4-5-10-9-14-7-8-15-12(10)11/h4-6,14H,7-9H2,1-3H3. The normalized spacial score (nSPS) is 16.5. The lowest BCUT2D eigenvalue weighted by atomic mass is 9.85. The molecule has 1 aliphatic heterocycles. The van der Waals surface area contributed by atoms with Gasteiger partial charge in [0.2, 0.25) is 0 Å². The molecule has 0 spiro atoms. The highest BCUT2D eigenvalue weighted by molar-refractivity contribution is 5.45. The van der Waals surface area contributed by atoms with Gasteiger partial charge in [-0.15, -0.1) is 0 Å². The van der Waals surface area contributed by atoms with Crippen molar-refractivity contribution in [2.24, 2.45) is 0 Å². The van der Waals surface area contributed by atoms with Crippen LogP contribution in [0.5, 0.6) is 5.75 Å². The first kappa shape index (κ1) is 10.5. The minimum atomic E-state index is 0.148. The molecule has 1 aromatic carbocycles. The Morgan fingerprint density at radius 2 is 2.07 bits per heavy atom. The van der Waals surface area contributed by atoms with E-state index in [0.29, 0.717) is 0 Å². The fourth-order valence-corrected chi connectivity index (χ4v) is 1.93. The summed E-state index contributed by atoms with van der Waals surface area (Å²) in [6, 6.07) is 6.43. The quantitative estimate of drug-likeness (QED) is 0.702. The van der Waals surface area contributed by atoms with Gasteiger partial charge < -0.3 is 10.1 Å². The van der Waals surface area contributed by atoms with Gasteiger partial charge in [0.05, 0.1) is 0 Å². The number of fused-ring (bicyclic) bond motifs is 1. The van der Waals surface area contributed by atoms with Gasteiger partial charge in [-0.2, -0.15) is 0 Å². The lowest BCUT2D eigenvalue weighted by Gasteiger charge is -2.23. The second-order valence-electron chi connectivity index (χ2n) is 5.07. The smallest absolute Gasteiger partial charge is 0.127 e. The number of rotatable bonds is 0. The summed E-state index contributed by atoms with van der Waals surface area (Å²) in [6.07, 6.45) is 0. The van der Waals surface area contributed by atoms with Crippen LogP contribution in [0, 0.1) is 0 Å². The number of nitrogens with one attached hydrogen (secondary N) is 1. The Bertz CT molecular complexity index is 352. The van der Waals surface area contributed by atoms with E-state index in [9.17, 15) is 0 Å². The average Bonchev–Trinajstić information content (AvgIpc) is 2.39. The van der Waals surface area contributed by atoms with Crippen LogP contribution in [0.15, 0.2) is 18.2 Å². The first-order valence-corrected chi connectivity index (χ1v) is 5.55. The summed E-state index contributed by atoms with van der Waals surface area (Å²) in [5.74, 6) is 1.09. The number of hydrogen-bond acceptors (Lipinski definition) is 2. The summed E-state index contributed by atoms with van der Waals surface area (Å²) in [5.41, 5.74) is 2.74. The fraction of sp³-hybridized carbons (Fsp3) is 0.538. The highest BCUT2D eigenvalue weighted by Crippen LogP contribution is 2.34. The minimum absolute atomic E-state index is 0.148. The molecule has 0 saturated heterocycles. The van der Waals surface area contributed by atoms with Crippen molar-refractivity contribution >= 4 is 0 Å². The molecule has 0 radical (unpaired) electrons. The molecule has 82 valence electrons. The molecular formula is C13H19NO. The number of benzene rings is 1. The molecule has 0 atom stereocenters. The molecule has 0 aromatic heterocycles. The van der Waals surface area contributed by atoms with Gasteiger partial charge in [0.1, 0.15) is 12.4 Å². The van der Waals surface area contributed by atoms with Crippen LogP contribution in [-0.2, 0) is 12.0 Å². The summed E-state index contributed by atoms with van der Waals surface area (Å²) in [4.78, 5) is 0. The molecule has 1 aliphatic rings. The summed E-state index contributed by atoms with van der Waals surface area (Å²) < 4.78 is 5.84. The lowest BCUT2D eigenvalue weighted by Crippen LogP contribution is -2.16. The van der Waals surface area contributed by atoms with E-state index in [1.165, 1.54) is 11.1 Å². The highest BCUT2D eigenvalue weighted by Gasteiger charge is 2.21. The van der Waals surface area contributed by atoms with Crippen molar-refractivity contribution in [1.82, 2.24) is 5.32 Å². The molecule has 1 heterocycles. The summed E-state index contributed by atoms with van der Waals surface area (Å²) in [7, 11) is 0. The second kappa shape index (κ2) is 3.86. The number of para-hydroxylation sites is 1. The molecule has 2 heteroatoms. The van der Waals surface area contributed by atoms with Crippen molar-refractivity contribution in [2.45, 2.75) is 32.7 Å². The molecule has 0 fully saturated rings. The van der Waals surface area contributed by atoms with Crippen molar-refractivity contribution in [3.8, 4) is 5.75 Å². The second-order valence-corrected chi connectivity index (χ2v) is 5.07. The molecular weight excluding hydrogens is 186 g/mol. The average molecular weight is 205 g/mol. The van der Waals surface area contributed by atoms with Gasteiger partial charge in [-0.3, -0.25) is 0 Å². The van der Waals surface area contributed by atoms with E-state index >= 15 is 0 Å². The SMILES string of the molecule is CC(C)(C)c1cccc2c1OCCNC2. The maximum Gasteiger partial charge on any atom is 0.127 e. The maximum atomic E-state index is 5.84. The predicted octanol–water partition coefficient (Wildman–Crippen LogP) is 2.47. The van der Waals surface area contributed by atoms with E-state index in [2.05, 4.69) is 44.3 Å². The van der Waals surface area contributed by atoms with Crippen molar-refractivity contribution in [3.63, 3.8) is 0 Å². The van der Waals surface area contributed by atoms with E-state index in [1.807, 2.05) is 0 Å². The lowest BCUT2D eigenvalue weighted by molar-refractivity contribution is 0.317. The fourth-order valence-electron chi connectivity index (χ4n) is 1.93. The van der Waals surface area contributed by atoms with Crippen LogP contribution in [0.2, 0.25) is 0 Å². The van der Waals surface area contributed by atoms with Crippen LogP contribution in [0.1, 0.15) is 31.9 Å². The van der Waals surface area contributed by atoms with Crippen LogP contribution in [0.4, 0.5) is 0 Å². The Labute approximate surface area is 91.6 Å². The maximum absolute atomic E-state index is 5.84. The first-order chi connectivity index (χ1) is 7.09. The van der Waals surface area contributed by atoms with Gasteiger partial charge in [-0.1, -0.05) is 39.0 Å². The van der Waals surface area contributed by atoms with Gasteiger partial charge in [0, 0.05) is 18.7 Å². The summed E-state index contributed by atoms with van der Waals surface area (Å²) in [5, 5.41) is 3.36. The minimum Gasteiger partial charge on any atom is -0.492 e. The van der Waals surface area contributed by atoms with Crippen LogP contribution in [0.25, 0.3) is 0 Å². The molecule has 2 nitrogen and oxygen atoms in total. The topological polar surface area (TPSA) is 21.3 Å². The highest BCUT2D eigenvalue weighted by atomic mass is 16.5. The molecule has 0 amide bonds. The van der Waals surface area contributed by atoms with Crippen molar-refractivity contribution in [2.75, 3.05) is 13.2 Å². The van der Waals surface area contributed by atoms with E-state index in [1.54, 1.807) is 0 Å². The Morgan fingerprint density at radius 3 is 2.80 bits per heavy atom. The van der Waals surface area contributed by atoms with E-state index in [4.69, 9.17) is 4.74 Å². The third-order valence-corrected chi connectivity index (χ3v) is 2.75. The number of hydrogen-bond donors (Lipinski definition) is 1. The van der Waals surface area contributed by atoms with Gasteiger partial charge in [-0.05, 0) is 11.0 Å². The molecule has 0 bridgehead atoms. The third-order valence-electron chi connectivity index (χ3n) is 2.75. The van der Waals surface area contributed by atoms with E-state index < -0.39 is 0 Å². The van der Waals surface area contributed by atoms with Gasteiger partial charge in [0.15, 0.2) is 0 Å². The molecule has 1 aromatic rings. The zero-order chi connectivity index (χ0) is 10.9. The van der Waals surface area contributed by atoms with E-state index in [-0.39, 0.29) is 5.41 Å². The van der Waals surface area contributed by atoms with E-state index in [0.717, 1.165) is 25.4 Å². The van der Waals surface area contributed by atoms with Crippen LogP contribution in [0.3, 0.4) is 0 Å². The van der Waals surface area contributed by atoms with Crippen LogP contribution in [-0.4, -0.2) is 13.2 Å². The zero-order valence-electron chi connectivity index (χ0n) is 9.76. The van der Waals surface area contributed by atoms with Gasteiger partial charge >= 0.3 is 0 Å². The van der Waals surface area contributed by atoms with Crippen LogP contribution >= 0.6 is 0 Å². The van der Waals surface area contributed by atoms with Gasteiger partial charge in [0.25, 0.3) is 0 Å². The Balaban J connectivity index is 2.48. The Kier molecular flexibility index (Phi) is 2.70. The molecule has 15 heavy (non-hydrogen) atoms. The monoisotopic (exact) mass is 205 g/mol. The molecule has 0 unspecified atom stereocenters. The van der Waals surface area contributed by atoms with Crippen molar-refractivity contribution < 1.29 is 4.74 Å². The third kappa shape index (κ3) is 2.15. The Morgan fingerprint density at radius 1 is 1.27 bits per heavy atom. The molecule has 2 rings (SSSR count). The van der Waals surface area contributed by atoms with Crippen molar-refractivity contribution in [1.29, 1.82) is 0 Å². The van der Waals surface area contributed by atoms with Crippen molar-refractivity contribution in [3.05, 3.63) is 29.3 Å². The molecule has 0 aliphatic carbocycles. The first-order valence-electron chi connectivity index (χ1n) is 5.55. The van der Waals surface area contributed by atoms with Gasteiger partial charge in [-0.25, -0.2) is 0 Å². The largest absolute Gasteiger partial charge is 0.492 e. The number of ether oxygens (including phenoxy) is 1. The van der Waals surface area contributed by atoms with Crippen LogP contribution < -0.4 is 10.1 Å². The molecule has 0 saturated carbocycles. The Hall–Kier alpha value is -1.02. The summed E-state index contributed by atoms with van der Waals surface area (Å²) >= 11 is 0. The zero-order valence-corrected chi connectivity index (χ0v) is 9.76. The molecule has 1 N–H and O–H groups in total. The summed E-state index contributed by atoms with van der Waals surface area (Å²) in [6.45, 7) is 9.29. The predicted molar refractivity (Wildman–Crippen MR) is 62.3 cm³/mol.